The summed E-state index contributed by atoms with van der Waals surface area (Å²) in [6.45, 7) is 22.2. The maximum absolute atomic E-state index is 13.6. The molecule has 2 fully saturated rings. The third kappa shape index (κ3) is 13.2. The molecular weight excluding hydrogens is 668 g/mol. The number of hydrogen-bond acceptors (Lipinski definition) is 11. The maximum atomic E-state index is 13.6. The van der Waals surface area contributed by atoms with E-state index in [1.807, 2.05) is 47.6 Å². The highest BCUT2D eigenvalue weighted by molar-refractivity contribution is 5.70. The van der Waals surface area contributed by atoms with Gasteiger partial charge in [-0.25, -0.2) is 4.79 Å². The minimum atomic E-state index is -1.16. The smallest absolute Gasteiger partial charge is 0.410 e. The van der Waals surface area contributed by atoms with Gasteiger partial charge in [0.15, 0.2) is 12.4 Å². The van der Waals surface area contributed by atoms with Gasteiger partial charge < -0.3 is 43.9 Å². The van der Waals surface area contributed by atoms with Gasteiger partial charge in [0, 0.05) is 57.1 Å². The van der Waals surface area contributed by atoms with Crippen LogP contribution in [0.3, 0.4) is 0 Å². The number of hydrogen-bond donors (Lipinski definition) is 3. The molecule has 12 nitrogen and oxygen atoms in total. The van der Waals surface area contributed by atoms with E-state index < -0.39 is 54.0 Å². The molecule has 3 heterocycles. The van der Waals surface area contributed by atoms with Gasteiger partial charge in [-0.15, -0.1) is 0 Å². The van der Waals surface area contributed by atoms with E-state index in [9.17, 15) is 24.9 Å². The van der Waals surface area contributed by atoms with E-state index in [4.69, 9.17) is 23.7 Å². The summed E-state index contributed by atoms with van der Waals surface area (Å²) in [5.74, 6) is -0.903. The van der Waals surface area contributed by atoms with Gasteiger partial charge in [0.2, 0.25) is 0 Å². The summed E-state index contributed by atoms with van der Waals surface area (Å²) in [6.07, 6.45) is 5.97. The number of aliphatic hydroxyl groups is 3. The van der Waals surface area contributed by atoms with Gasteiger partial charge in [0.1, 0.15) is 11.7 Å². The molecule has 0 aromatic rings. The Balaban J connectivity index is 1.85. The number of carbonyl (C=O) groups excluding carboxylic acids is 2. The first-order chi connectivity index (χ1) is 24.4. The topological polar surface area (TPSA) is 151 Å². The predicted octanol–water partition coefficient (Wildman–Crippen LogP) is 5.14. The largest absolute Gasteiger partial charge is 0.457 e. The molecule has 11 unspecified atom stereocenters. The van der Waals surface area contributed by atoms with Gasteiger partial charge in [-0.05, 0) is 79.4 Å². The summed E-state index contributed by atoms with van der Waals surface area (Å²) in [7, 11) is 0. The molecule has 0 spiro atoms. The Labute approximate surface area is 312 Å². The number of esters is 1. The summed E-state index contributed by atoms with van der Waals surface area (Å²) >= 11 is 0. The van der Waals surface area contributed by atoms with E-state index in [2.05, 4.69) is 18.7 Å². The number of piperazine rings is 1. The first kappa shape index (κ1) is 44.1. The van der Waals surface area contributed by atoms with Crippen molar-refractivity contribution >= 4 is 12.1 Å². The number of aliphatic hydroxyl groups excluding tert-OH is 2. The van der Waals surface area contributed by atoms with Crippen LogP contribution in [0.2, 0.25) is 0 Å². The molecule has 0 aromatic carbocycles. The molecule has 3 N–H and O–H groups in total. The average Bonchev–Trinajstić information content (AvgIpc) is 3.84. The Morgan fingerprint density at radius 3 is 2.44 bits per heavy atom. The molecule has 0 bridgehead atoms. The van der Waals surface area contributed by atoms with Crippen molar-refractivity contribution in [2.45, 2.75) is 161 Å². The van der Waals surface area contributed by atoms with Gasteiger partial charge in [-0.1, -0.05) is 45.1 Å². The number of nitrogens with zero attached hydrogens (tertiary/aromatic N) is 2. The fraction of sp³-hybridized carbons (Fsp3) is 0.800. The molecule has 0 aromatic heterocycles. The monoisotopic (exact) mass is 736 g/mol. The minimum Gasteiger partial charge on any atom is -0.457 e. The van der Waals surface area contributed by atoms with Crippen molar-refractivity contribution in [1.82, 2.24) is 9.80 Å². The van der Waals surface area contributed by atoms with Crippen LogP contribution < -0.4 is 0 Å². The molecule has 11 atom stereocenters. The highest BCUT2D eigenvalue weighted by Crippen LogP contribution is 2.38. The number of cyclic esters (lactones) is 1. The predicted molar refractivity (Wildman–Crippen MR) is 199 cm³/mol. The Morgan fingerprint density at radius 1 is 1.15 bits per heavy atom. The zero-order valence-electron chi connectivity index (χ0n) is 33.3. The Kier molecular flexibility index (Phi) is 16.8. The number of epoxide rings is 1. The lowest BCUT2D eigenvalue weighted by atomic mass is 9.88. The van der Waals surface area contributed by atoms with Crippen LogP contribution in [0.4, 0.5) is 4.79 Å². The summed E-state index contributed by atoms with van der Waals surface area (Å²) in [5.41, 5.74) is -1.52. The van der Waals surface area contributed by atoms with E-state index >= 15 is 0 Å². The van der Waals surface area contributed by atoms with Gasteiger partial charge in [0.25, 0.3) is 0 Å². The van der Waals surface area contributed by atoms with Gasteiger partial charge in [-0.2, -0.15) is 0 Å². The second-order valence-electron chi connectivity index (χ2n) is 15.7. The zero-order chi connectivity index (χ0) is 38.8. The highest BCUT2D eigenvalue weighted by Gasteiger charge is 2.47. The van der Waals surface area contributed by atoms with E-state index in [0.29, 0.717) is 38.6 Å². The van der Waals surface area contributed by atoms with Gasteiger partial charge >= 0.3 is 12.1 Å². The van der Waals surface area contributed by atoms with E-state index in [1.165, 1.54) is 0 Å². The van der Waals surface area contributed by atoms with E-state index in [0.717, 1.165) is 18.7 Å². The number of carbonyl (C=O) groups is 2. The lowest BCUT2D eigenvalue weighted by molar-refractivity contribution is -0.222. The van der Waals surface area contributed by atoms with Crippen molar-refractivity contribution in [3.63, 3.8) is 0 Å². The minimum absolute atomic E-state index is 0.0122. The van der Waals surface area contributed by atoms with E-state index in [-0.39, 0.29) is 43.3 Å². The average molecular weight is 737 g/mol. The molecule has 1 amide bonds. The molecule has 3 rings (SSSR count). The standard InChI is InChI=1S/C40H68N2O10/c1-11-32(44)29(7)37-33(49-37)25-39(9,47)18-13-14-27(5)36-28(6)15-16-34(50-38(46)42-22-20-41(21-23-42)26(3)4)40(10,52-30(8)48-12-2)19-17-31(43)24-35(45)51-36/h13-16,18,26,28-34,36-37,43-44,47H,11-12,17,19-25H2,1-10H3/b16-15-,18-13+,27-14+. The first-order valence-electron chi connectivity index (χ1n) is 19.4. The molecule has 12 heteroatoms. The fourth-order valence-electron chi connectivity index (χ4n) is 7.17. The van der Waals surface area contributed by atoms with Crippen LogP contribution in [0, 0.1) is 11.8 Å². The van der Waals surface area contributed by atoms with Crippen molar-refractivity contribution in [1.29, 1.82) is 0 Å². The molecular formula is C40H68N2O10. The second-order valence-corrected chi connectivity index (χ2v) is 15.7. The molecule has 3 aliphatic heterocycles. The number of rotatable bonds is 14. The summed E-state index contributed by atoms with van der Waals surface area (Å²) in [6, 6.07) is 0.389. The molecule has 52 heavy (non-hydrogen) atoms. The summed E-state index contributed by atoms with van der Waals surface area (Å²) in [4.78, 5) is 30.8. The third-order valence-corrected chi connectivity index (χ3v) is 10.7. The van der Waals surface area contributed by atoms with Crippen molar-refractivity contribution in [2.75, 3.05) is 32.8 Å². The van der Waals surface area contributed by atoms with Crippen LogP contribution in [-0.2, 0) is 28.5 Å². The third-order valence-electron chi connectivity index (χ3n) is 10.7. The van der Waals surface area contributed by atoms with Gasteiger partial charge in [-0.3, -0.25) is 9.69 Å². The Hall–Kier alpha value is -2.32. The highest BCUT2D eigenvalue weighted by atomic mass is 16.7. The first-order valence-corrected chi connectivity index (χ1v) is 19.4. The fourth-order valence-corrected chi connectivity index (χ4v) is 7.17. The van der Waals surface area contributed by atoms with Crippen LogP contribution in [0.5, 0.6) is 0 Å². The molecule has 0 saturated carbocycles. The number of amides is 1. The van der Waals surface area contributed by atoms with Crippen molar-refractivity contribution in [3.05, 3.63) is 36.0 Å². The summed E-state index contributed by atoms with van der Waals surface area (Å²) in [5, 5.41) is 32.3. The van der Waals surface area contributed by atoms with Crippen LogP contribution in [0.1, 0.15) is 101 Å². The van der Waals surface area contributed by atoms with Crippen molar-refractivity contribution in [2.24, 2.45) is 11.8 Å². The van der Waals surface area contributed by atoms with Crippen LogP contribution in [0.25, 0.3) is 0 Å². The lowest BCUT2D eigenvalue weighted by Crippen LogP contribution is -2.53. The Bertz CT molecular complexity index is 1230. The molecule has 2 saturated heterocycles. The molecule has 0 radical (unpaired) electrons. The lowest BCUT2D eigenvalue weighted by Gasteiger charge is -2.41. The van der Waals surface area contributed by atoms with Crippen LogP contribution in [0.15, 0.2) is 36.0 Å². The zero-order valence-corrected chi connectivity index (χ0v) is 33.3. The van der Waals surface area contributed by atoms with Crippen molar-refractivity contribution in [3.8, 4) is 0 Å². The Morgan fingerprint density at radius 2 is 1.83 bits per heavy atom. The van der Waals surface area contributed by atoms with Crippen molar-refractivity contribution < 1.29 is 48.6 Å². The normalized spacial score (nSPS) is 33.4. The van der Waals surface area contributed by atoms with Gasteiger partial charge in [0.05, 0.1) is 36.4 Å². The molecule has 0 aliphatic carbocycles. The number of allylic oxidation sites excluding steroid dienone is 2. The maximum Gasteiger partial charge on any atom is 0.410 e. The van der Waals surface area contributed by atoms with E-state index in [1.54, 1.807) is 43.1 Å². The molecule has 3 aliphatic rings. The van der Waals surface area contributed by atoms with Crippen LogP contribution >= 0.6 is 0 Å². The quantitative estimate of drug-likeness (QED) is 0.0715. The number of ether oxygens (including phenoxy) is 5. The SMILES string of the molecule is CCOC(C)OC1(C)CCC(O)CC(=O)OC(/C(C)=C/C=C/C(C)(O)CC2OC2C(C)C(O)CC)C(C)/C=C\C1OC(=O)N1CCN(C(C)C)CC1. The molecule has 298 valence electrons. The summed E-state index contributed by atoms with van der Waals surface area (Å²) < 4.78 is 30.1. The van der Waals surface area contributed by atoms with Crippen LogP contribution in [-0.4, -0.2) is 130 Å². The second kappa shape index (κ2) is 19.8.